The standard InChI is InChI=1S/C25H27ClF3N7O3.C7H12FN/c1-34(2)23(37)19-9-14-11-35(5-4-6-36(14)33-19)22-16-12-39-20(10-18(16)31-24(32-22)38-3)15-7-13(30)8-17(26)21(15)25(27,28)29;8-6-4-7-2-1-3-9(7)5-6/h7-9,20H,4-6,10-12,30H2,1-3H3;6-7H,1-5H2. The topological polar surface area (TPSA) is 115 Å². The number of nitrogens with two attached hydrogens (primary N) is 1. The number of halogens is 5. The van der Waals surface area contributed by atoms with E-state index in [0.29, 0.717) is 55.0 Å². The number of rotatable bonds is 4. The Morgan fingerprint density at radius 2 is 1.94 bits per heavy atom. The van der Waals surface area contributed by atoms with Gasteiger partial charge in [-0.3, -0.25) is 14.4 Å². The third-order valence-corrected chi connectivity index (χ3v) is 9.51. The van der Waals surface area contributed by atoms with Crippen LogP contribution >= 0.6 is 11.6 Å². The number of hydrogen-bond donors (Lipinski definition) is 1. The van der Waals surface area contributed by atoms with E-state index in [4.69, 9.17) is 26.8 Å². The van der Waals surface area contributed by atoms with Crippen LogP contribution in [0, 0.1) is 0 Å². The SMILES string of the molecule is COc1nc2c(c(N3CCCn4nc(C(=O)N(C)C)cc4C3)n1)COC(c1cc(N)cc(Cl)c1C(F)(F)F)C2.FC1CC2CCCN2C1. The molecule has 3 aromatic rings. The molecule has 1 aromatic carbocycles. The molecule has 3 atom stereocenters. The Morgan fingerprint density at radius 3 is 2.65 bits per heavy atom. The summed E-state index contributed by atoms with van der Waals surface area (Å²) < 4.78 is 67.5. The summed E-state index contributed by atoms with van der Waals surface area (Å²) in [7, 11) is 4.76. The van der Waals surface area contributed by atoms with E-state index in [1.807, 2.05) is 9.58 Å². The molecule has 2 saturated heterocycles. The molecule has 16 heteroatoms. The maximum atomic E-state index is 13.9. The van der Waals surface area contributed by atoms with Crippen molar-refractivity contribution >= 4 is 29.0 Å². The number of alkyl halides is 4. The van der Waals surface area contributed by atoms with Gasteiger partial charge >= 0.3 is 12.2 Å². The zero-order chi connectivity index (χ0) is 34.3. The van der Waals surface area contributed by atoms with Gasteiger partial charge < -0.3 is 25.0 Å². The van der Waals surface area contributed by atoms with Gasteiger partial charge in [-0.1, -0.05) is 11.6 Å². The molecule has 4 aliphatic heterocycles. The first kappa shape index (κ1) is 34.2. The van der Waals surface area contributed by atoms with E-state index >= 15 is 0 Å². The first-order valence-corrected chi connectivity index (χ1v) is 16.3. The number of hydrogen-bond acceptors (Lipinski definition) is 9. The van der Waals surface area contributed by atoms with Gasteiger partial charge in [0, 0.05) is 57.4 Å². The Hall–Kier alpha value is -3.69. The predicted molar refractivity (Wildman–Crippen MR) is 171 cm³/mol. The maximum Gasteiger partial charge on any atom is 0.418 e. The van der Waals surface area contributed by atoms with Gasteiger partial charge in [0.15, 0.2) is 5.69 Å². The minimum Gasteiger partial charge on any atom is -0.467 e. The van der Waals surface area contributed by atoms with Crippen molar-refractivity contribution in [3.63, 3.8) is 0 Å². The molecule has 2 fully saturated rings. The Kier molecular flexibility index (Phi) is 9.73. The molecule has 260 valence electrons. The van der Waals surface area contributed by atoms with E-state index in [2.05, 4.69) is 20.0 Å². The molecule has 1 amide bonds. The molecule has 2 N–H and O–H groups in total. The summed E-state index contributed by atoms with van der Waals surface area (Å²) in [6, 6.07) is 4.79. The Balaban J connectivity index is 0.000000381. The molecule has 0 radical (unpaired) electrons. The van der Waals surface area contributed by atoms with Gasteiger partial charge in [0.05, 0.1) is 48.3 Å². The molecule has 0 spiro atoms. The molecule has 0 bridgehead atoms. The number of benzene rings is 1. The van der Waals surface area contributed by atoms with E-state index in [-0.39, 0.29) is 36.2 Å². The molecule has 2 aromatic heterocycles. The number of nitrogen functional groups attached to an aromatic ring is 1. The van der Waals surface area contributed by atoms with E-state index < -0.39 is 29.0 Å². The number of anilines is 2. The van der Waals surface area contributed by atoms with Crippen molar-refractivity contribution in [1.29, 1.82) is 0 Å². The third-order valence-electron chi connectivity index (χ3n) is 9.21. The monoisotopic (exact) mass is 694 g/mol. The summed E-state index contributed by atoms with van der Waals surface area (Å²) >= 11 is 5.97. The van der Waals surface area contributed by atoms with Gasteiger partial charge in [0.2, 0.25) is 0 Å². The van der Waals surface area contributed by atoms with Crippen LogP contribution in [0.3, 0.4) is 0 Å². The van der Waals surface area contributed by atoms with Gasteiger partial charge in [-0.2, -0.15) is 28.2 Å². The van der Waals surface area contributed by atoms with Crippen molar-refractivity contribution in [3.8, 4) is 6.01 Å². The van der Waals surface area contributed by atoms with Crippen LogP contribution in [-0.4, -0.2) is 88.5 Å². The van der Waals surface area contributed by atoms with E-state index in [0.717, 1.165) is 31.1 Å². The molecule has 48 heavy (non-hydrogen) atoms. The summed E-state index contributed by atoms with van der Waals surface area (Å²) in [5.74, 6) is 0.370. The number of ether oxygens (including phenoxy) is 2. The van der Waals surface area contributed by atoms with Crippen molar-refractivity contribution in [2.45, 2.75) is 76.3 Å². The van der Waals surface area contributed by atoms with Crippen LogP contribution in [0.1, 0.15) is 70.4 Å². The largest absolute Gasteiger partial charge is 0.467 e. The van der Waals surface area contributed by atoms with E-state index in [1.54, 1.807) is 20.2 Å². The Morgan fingerprint density at radius 1 is 1.15 bits per heavy atom. The summed E-state index contributed by atoms with van der Waals surface area (Å²) in [5, 5.41) is 3.99. The fourth-order valence-electron chi connectivity index (χ4n) is 6.99. The molecule has 0 aliphatic carbocycles. The number of methoxy groups -OCH3 is 1. The molecule has 0 saturated carbocycles. The summed E-state index contributed by atoms with van der Waals surface area (Å²) in [6.45, 7) is 3.48. The number of carbonyl (C=O) groups excluding carboxylic acids is 1. The number of fused-ring (bicyclic) bond motifs is 3. The normalized spacial score (nSPS) is 22.2. The summed E-state index contributed by atoms with van der Waals surface area (Å²) in [6.07, 6.45) is -2.09. The average molecular weight is 695 g/mol. The quantitative estimate of drug-likeness (QED) is 0.296. The number of aryl methyl sites for hydroxylation is 1. The van der Waals surface area contributed by atoms with Crippen LogP contribution in [0.5, 0.6) is 6.01 Å². The summed E-state index contributed by atoms with van der Waals surface area (Å²) in [4.78, 5) is 27.3. The lowest BCUT2D eigenvalue weighted by molar-refractivity contribution is -0.139. The average Bonchev–Trinajstić information content (AvgIpc) is 3.70. The number of carbonyl (C=O) groups is 1. The first-order chi connectivity index (χ1) is 22.8. The smallest absolute Gasteiger partial charge is 0.418 e. The molecular weight excluding hydrogens is 656 g/mol. The molecule has 4 aliphatic rings. The molecular formula is C32H39ClF4N8O3. The van der Waals surface area contributed by atoms with Gasteiger partial charge in [-0.15, -0.1) is 0 Å². The third kappa shape index (κ3) is 7.03. The second kappa shape index (κ2) is 13.7. The van der Waals surface area contributed by atoms with Gasteiger partial charge in [-0.25, -0.2) is 4.39 Å². The molecule has 3 unspecified atom stereocenters. The van der Waals surface area contributed by atoms with Crippen molar-refractivity contribution in [1.82, 2.24) is 29.5 Å². The van der Waals surface area contributed by atoms with Crippen LogP contribution < -0.4 is 15.4 Å². The lowest BCUT2D eigenvalue weighted by Crippen LogP contribution is -2.29. The van der Waals surface area contributed by atoms with Crippen molar-refractivity contribution in [3.05, 3.63) is 57.0 Å². The second-order valence-electron chi connectivity index (χ2n) is 12.8. The molecule has 11 nitrogen and oxygen atoms in total. The van der Waals surface area contributed by atoms with Gasteiger partial charge in [0.25, 0.3) is 5.91 Å². The van der Waals surface area contributed by atoms with E-state index in [1.165, 1.54) is 30.9 Å². The van der Waals surface area contributed by atoms with Gasteiger partial charge in [-0.05, 0) is 56.0 Å². The minimum atomic E-state index is -4.69. The van der Waals surface area contributed by atoms with Crippen molar-refractivity contribution in [2.75, 3.05) is 51.5 Å². The highest BCUT2D eigenvalue weighted by Crippen LogP contribution is 2.44. The van der Waals surface area contributed by atoms with Crippen LogP contribution in [0.2, 0.25) is 5.02 Å². The highest BCUT2D eigenvalue weighted by Gasteiger charge is 2.40. The predicted octanol–water partition coefficient (Wildman–Crippen LogP) is 5.05. The lowest BCUT2D eigenvalue weighted by Gasteiger charge is -2.31. The lowest BCUT2D eigenvalue weighted by atomic mass is 9.94. The Bertz CT molecular complexity index is 1660. The van der Waals surface area contributed by atoms with Crippen molar-refractivity contribution < 1.29 is 31.8 Å². The fourth-order valence-corrected chi connectivity index (χ4v) is 7.33. The zero-order valence-electron chi connectivity index (χ0n) is 27.1. The minimum absolute atomic E-state index is 0.0246. The number of amides is 1. The zero-order valence-corrected chi connectivity index (χ0v) is 27.8. The fraction of sp³-hybridized carbons (Fsp3) is 0.562. The molecule has 7 rings (SSSR count). The van der Waals surface area contributed by atoms with Gasteiger partial charge in [0.1, 0.15) is 12.0 Å². The first-order valence-electron chi connectivity index (χ1n) is 15.9. The Labute approximate surface area is 280 Å². The van der Waals surface area contributed by atoms with Crippen LogP contribution in [-0.2, 0) is 37.0 Å². The van der Waals surface area contributed by atoms with Crippen LogP contribution in [0.25, 0.3) is 0 Å². The molecule has 6 heterocycles. The van der Waals surface area contributed by atoms with Crippen molar-refractivity contribution in [2.24, 2.45) is 0 Å². The highest BCUT2D eigenvalue weighted by molar-refractivity contribution is 6.31. The maximum absolute atomic E-state index is 13.9. The number of aromatic nitrogens is 4. The van der Waals surface area contributed by atoms with E-state index in [9.17, 15) is 22.4 Å². The van der Waals surface area contributed by atoms with Crippen LogP contribution in [0.15, 0.2) is 18.2 Å². The number of nitrogens with zero attached hydrogens (tertiary/aromatic N) is 7. The summed E-state index contributed by atoms with van der Waals surface area (Å²) in [5.41, 5.74) is 7.19. The highest BCUT2D eigenvalue weighted by atomic mass is 35.5. The second-order valence-corrected chi connectivity index (χ2v) is 13.2. The van der Waals surface area contributed by atoms with Crippen LogP contribution in [0.4, 0.5) is 29.1 Å².